The lowest BCUT2D eigenvalue weighted by atomic mass is 9.90. The van der Waals surface area contributed by atoms with Crippen LogP contribution in [0.4, 0.5) is 0 Å². The molecule has 0 aromatic rings. The predicted molar refractivity (Wildman–Crippen MR) is 59.6 cm³/mol. The van der Waals surface area contributed by atoms with Crippen molar-refractivity contribution in [3.05, 3.63) is 6.10 Å². The van der Waals surface area contributed by atoms with Crippen LogP contribution in [0.15, 0.2) is 0 Å². The zero-order valence-corrected chi connectivity index (χ0v) is 10.3. The fourth-order valence-corrected chi connectivity index (χ4v) is 2.36. The summed E-state index contributed by atoms with van der Waals surface area (Å²) in [5.41, 5.74) is 0. The van der Waals surface area contributed by atoms with E-state index >= 15 is 0 Å². The first-order chi connectivity index (χ1) is 8.88. The number of ether oxygens (including phenoxy) is 2. The van der Waals surface area contributed by atoms with E-state index < -0.39 is 55.4 Å². The monoisotopic (exact) mass is 279 g/mol. The van der Waals surface area contributed by atoms with E-state index in [-0.39, 0.29) is 6.10 Å². The molecule has 8 nitrogen and oxygen atoms in total. The van der Waals surface area contributed by atoms with Gasteiger partial charge < -0.3 is 40.1 Å². The standard InChI is InChI=1S/C11H19O8/c1-3-5(13)7(15)9(17)10(18-3)11-8(16)6(14)4(2-12)19-11/h3-9,11-17H,2H2,1H3/t3-,4-,5+,6-,7+,8+,9-,11?/m1/s1. The second-order valence-corrected chi connectivity index (χ2v) is 4.91. The third-order valence-corrected chi connectivity index (χ3v) is 3.59. The van der Waals surface area contributed by atoms with Gasteiger partial charge in [0.25, 0.3) is 0 Å². The summed E-state index contributed by atoms with van der Waals surface area (Å²) in [6.07, 6.45) is -10.1. The van der Waals surface area contributed by atoms with E-state index in [9.17, 15) is 25.5 Å². The van der Waals surface area contributed by atoms with Gasteiger partial charge in [0.1, 0.15) is 42.7 Å². The van der Waals surface area contributed by atoms with Gasteiger partial charge in [0.15, 0.2) is 6.10 Å². The highest BCUT2D eigenvalue weighted by Gasteiger charge is 2.54. The average molecular weight is 279 g/mol. The minimum Gasteiger partial charge on any atom is -0.394 e. The van der Waals surface area contributed by atoms with Crippen LogP contribution in [0.2, 0.25) is 0 Å². The zero-order chi connectivity index (χ0) is 14.3. The summed E-state index contributed by atoms with van der Waals surface area (Å²) in [4.78, 5) is 0. The second kappa shape index (κ2) is 5.58. The number of rotatable bonds is 2. The maximum atomic E-state index is 9.84. The molecule has 8 atom stereocenters. The molecule has 2 fully saturated rings. The lowest BCUT2D eigenvalue weighted by Gasteiger charge is -2.41. The molecule has 1 unspecified atom stereocenters. The van der Waals surface area contributed by atoms with Gasteiger partial charge in [-0.25, -0.2) is 0 Å². The number of hydrogen-bond donors (Lipinski definition) is 6. The van der Waals surface area contributed by atoms with E-state index in [0.29, 0.717) is 0 Å². The van der Waals surface area contributed by atoms with Gasteiger partial charge in [-0.1, -0.05) is 0 Å². The number of aliphatic hydroxyl groups is 6. The normalized spacial score (nSPS) is 52.6. The molecule has 0 amide bonds. The molecule has 6 N–H and O–H groups in total. The van der Waals surface area contributed by atoms with E-state index in [4.69, 9.17) is 14.6 Å². The summed E-state index contributed by atoms with van der Waals surface area (Å²) in [5, 5.41) is 57.5. The molecule has 1 radical (unpaired) electrons. The Balaban J connectivity index is 2.13. The molecule has 2 aliphatic heterocycles. The first-order valence-electron chi connectivity index (χ1n) is 6.08. The van der Waals surface area contributed by atoms with Gasteiger partial charge in [0.2, 0.25) is 0 Å². The molecule has 0 aromatic carbocycles. The molecule has 0 saturated carbocycles. The Morgan fingerprint density at radius 3 is 2.11 bits per heavy atom. The molecule has 0 bridgehead atoms. The lowest BCUT2D eigenvalue weighted by Crippen LogP contribution is -2.57. The Morgan fingerprint density at radius 2 is 1.58 bits per heavy atom. The van der Waals surface area contributed by atoms with Crippen molar-refractivity contribution < 1.29 is 40.1 Å². The van der Waals surface area contributed by atoms with Crippen LogP contribution in [-0.4, -0.2) is 86.1 Å². The van der Waals surface area contributed by atoms with Crippen molar-refractivity contribution in [2.75, 3.05) is 6.61 Å². The summed E-state index contributed by atoms with van der Waals surface area (Å²) < 4.78 is 10.5. The molecule has 19 heavy (non-hydrogen) atoms. The number of aliphatic hydroxyl groups excluding tert-OH is 6. The highest BCUT2D eigenvalue weighted by molar-refractivity contribution is 5.11. The van der Waals surface area contributed by atoms with Crippen LogP contribution in [0, 0.1) is 6.10 Å². The van der Waals surface area contributed by atoms with Crippen molar-refractivity contribution in [2.45, 2.75) is 55.8 Å². The minimum absolute atomic E-state index is 0.159. The van der Waals surface area contributed by atoms with Gasteiger partial charge >= 0.3 is 0 Å². The Morgan fingerprint density at radius 1 is 0.947 bits per heavy atom. The summed E-state index contributed by atoms with van der Waals surface area (Å²) in [6.45, 7) is 0.986. The van der Waals surface area contributed by atoms with Gasteiger partial charge in [-0.3, -0.25) is 0 Å². The summed E-state index contributed by atoms with van der Waals surface area (Å²) >= 11 is 0. The molecule has 0 spiro atoms. The van der Waals surface area contributed by atoms with E-state index in [2.05, 4.69) is 0 Å². The van der Waals surface area contributed by atoms with E-state index in [1.807, 2.05) is 0 Å². The van der Waals surface area contributed by atoms with Crippen LogP contribution < -0.4 is 0 Å². The largest absolute Gasteiger partial charge is 0.394 e. The smallest absolute Gasteiger partial charge is 0.160 e. The maximum Gasteiger partial charge on any atom is 0.160 e. The highest BCUT2D eigenvalue weighted by Crippen LogP contribution is 2.36. The second-order valence-electron chi connectivity index (χ2n) is 4.91. The molecular weight excluding hydrogens is 260 g/mol. The van der Waals surface area contributed by atoms with Crippen LogP contribution in [0.3, 0.4) is 0 Å². The molecule has 0 aromatic heterocycles. The Hall–Kier alpha value is -0.320. The van der Waals surface area contributed by atoms with Gasteiger partial charge in [0, 0.05) is 0 Å². The molecule has 2 saturated heterocycles. The van der Waals surface area contributed by atoms with Crippen LogP contribution >= 0.6 is 0 Å². The first-order valence-corrected chi connectivity index (χ1v) is 6.08. The van der Waals surface area contributed by atoms with Crippen LogP contribution in [0.25, 0.3) is 0 Å². The van der Waals surface area contributed by atoms with Crippen LogP contribution in [0.1, 0.15) is 6.92 Å². The average Bonchev–Trinajstić information content (AvgIpc) is 2.68. The van der Waals surface area contributed by atoms with Crippen molar-refractivity contribution in [1.82, 2.24) is 0 Å². The van der Waals surface area contributed by atoms with E-state index in [1.54, 1.807) is 0 Å². The summed E-state index contributed by atoms with van der Waals surface area (Å²) in [7, 11) is 0. The Bertz CT molecular complexity index is 313. The van der Waals surface area contributed by atoms with Crippen LogP contribution in [-0.2, 0) is 9.47 Å². The Labute approximate surface area is 109 Å². The topological polar surface area (TPSA) is 140 Å². The number of hydrogen-bond acceptors (Lipinski definition) is 8. The van der Waals surface area contributed by atoms with Crippen molar-refractivity contribution in [3.63, 3.8) is 0 Å². The molecule has 2 rings (SSSR count). The fourth-order valence-electron chi connectivity index (χ4n) is 2.36. The van der Waals surface area contributed by atoms with E-state index in [1.165, 1.54) is 6.92 Å². The SMILES string of the molecule is C[C@H]1O[C](C2O[C@H](CO)[C@@H](O)[C@@H]2O)[C@H](O)[C@@H](O)[C@H]1O. The highest BCUT2D eigenvalue weighted by atomic mass is 16.6. The quantitative estimate of drug-likeness (QED) is 0.306. The van der Waals surface area contributed by atoms with Crippen molar-refractivity contribution in [1.29, 1.82) is 0 Å². The van der Waals surface area contributed by atoms with Gasteiger partial charge in [0.05, 0.1) is 12.7 Å². The fraction of sp³-hybridized carbons (Fsp3) is 0.909. The third kappa shape index (κ3) is 2.50. The van der Waals surface area contributed by atoms with Crippen LogP contribution in [0.5, 0.6) is 0 Å². The third-order valence-electron chi connectivity index (χ3n) is 3.59. The van der Waals surface area contributed by atoms with E-state index in [0.717, 1.165) is 0 Å². The lowest BCUT2D eigenvalue weighted by molar-refractivity contribution is -0.202. The minimum atomic E-state index is -1.55. The van der Waals surface area contributed by atoms with Crippen molar-refractivity contribution in [3.8, 4) is 0 Å². The molecule has 111 valence electrons. The first kappa shape index (κ1) is 15.1. The predicted octanol–water partition coefficient (Wildman–Crippen LogP) is -3.50. The molecule has 8 heteroatoms. The summed E-state index contributed by atoms with van der Waals surface area (Å²) in [6, 6.07) is 0. The molecular formula is C11H19O8. The molecule has 0 aliphatic carbocycles. The van der Waals surface area contributed by atoms with Crippen molar-refractivity contribution >= 4 is 0 Å². The molecule has 2 aliphatic rings. The van der Waals surface area contributed by atoms with Gasteiger partial charge in [-0.15, -0.1) is 0 Å². The summed E-state index contributed by atoms with van der Waals surface area (Å²) in [5.74, 6) is 0. The maximum absolute atomic E-state index is 9.84. The van der Waals surface area contributed by atoms with Gasteiger partial charge in [-0.2, -0.15) is 0 Å². The van der Waals surface area contributed by atoms with Gasteiger partial charge in [-0.05, 0) is 6.92 Å². The Kier molecular flexibility index (Phi) is 4.43. The van der Waals surface area contributed by atoms with Crippen molar-refractivity contribution in [2.24, 2.45) is 0 Å². The molecule has 2 heterocycles. The zero-order valence-electron chi connectivity index (χ0n) is 10.3.